The van der Waals surface area contributed by atoms with Crippen molar-refractivity contribution in [2.75, 3.05) is 19.6 Å². The predicted molar refractivity (Wildman–Crippen MR) is 137 cm³/mol. The average molecular weight is 483 g/mol. The number of carbonyl (C=O) groups excluding carboxylic acids is 1. The molecular formula is C31H34N2O3. The number of nitrogens with zero attached hydrogens (tertiary/aromatic N) is 2. The summed E-state index contributed by atoms with van der Waals surface area (Å²) in [5, 5.41) is 10.6. The van der Waals surface area contributed by atoms with Crippen molar-refractivity contribution in [1.29, 1.82) is 0 Å². The molecule has 3 saturated heterocycles. The molecule has 8 rings (SSSR count). The normalized spacial score (nSPS) is 38.3. The van der Waals surface area contributed by atoms with Crippen LogP contribution in [-0.2, 0) is 21.4 Å². The number of likely N-dealkylation sites (tertiary alicyclic amines) is 2. The fourth-order valence-corrected chi connectivity index (χ4v) is 9.10. The Bertz CT molecular complexity index is 1260. The van der Waals surface area contributed by atoms with Crippen molar-refractivity contribution in [3.05, 3.63) is 71.3 Å². The van der Waals surface area contributed by atoms with Gasteiger partial charge in [0.2, 0.25) is 5.91 Å². The molecule has 5 fully saturated rings. The third-order valence-corrected chi connectivity index (χ3v) is 10.5. The highest BCUT2D eigenvalue weighted by atomic mass is 16.5. The number of fused-ring (bicyclic) bond motifs is 1. The van der Waals surface area contributed by atoms with E-state index in [4.69, 9.17) is 4.74 Å². The lowest BCUT2D eigenvalue weighted by Gasteiger charge is -2.64. The average Bonchev–Trinajstić information content (AvgIpc) is 3.58. The predicted octanol–water partition coefficient (Wildman–Crippen LogP) is 4.14. The Hall–Kier alpha value is -2.63. The lowest BCUT2D eigenvalue weighted by atomic mass is 9.46. The minimum Gasteiger partial charge on any atom is -0.508 e. The van der Waals surface area contributed by atoms with Crippen LogP contribution in [0.25, 0.3) is 6.08 Å². The summed E-state index contributed by atoms with van der Waals surface area (Å²) in [5.41, 5.74) is 3.44. The molecule has 5 unspecified atom stereocenters. The number of amides is 1. The SMILES string of the molecule is O=C(/C=C/c1ccccc1)N1C[C@H]2OC34CCC1C2C31CCN(CC2CC2)C4Cc2ccc(O)cc21. The Morgan fingerprint density at radius 3 is 2.81 bits per heavy atom. The Labute approximate surface area is 212 Å². The third-order valence-electron chi connectivity index (χ3n) is 10.5. The van der Waals surface area contributed by atoms with Gasteiger partial charge in [-0.2, -0.15) is 0 Å². The second kappa shape index (κ2) is 7.45. The standard InChI is InChI=1S/C31H34N2O3/c34-23-10-9-22-16-27-31-13-12-25-29(30(31,24(22)17-23)14-15-32(27)18-21-6-7-21)26(36-31)19-33(25)28(35)11-8-20-4-2-1-3-5-20/h1-5,8-11,17,21,25-27,29,34H,6-7,12-16,18-19H2/b11-8+/t25?,26-,27?,29?,30?,31?/m1/s1. The van der Waals surface area contributed by atoms with Crippen molar-refractivity contribution in [3.63, 3.8) is 0 Å². The maximum Gasteiger partial charge on any atom is 0.246 e. The van der Waals surface area contributed by atoms with Crippen LogP contribution in [0.1, 0.15) is 48.8 Å². The van der Waals surface area contributed by atoms with Crippen molar-refractivity contribution in [3.8, 4) is 5.75 Å². The minimum atomic E-state index is -0.193. The molecule has 186 valence electrons. The molecule has 2 aromatic carbocycles. The number of phenolic OH excluding ortho intramolecular Hbond substituents is 1. The van der Waals surface area contributed by atoms with Crippen LogP contribution in [0, 0.1) is 11.8 Å². The van der Waals surface area contributed by atoms with Crippen molar-refractivity contribution in [2.24, 2.45) is 11.8 Å². The molecule has 2 aromatic rings. The number of rotatable bonds is 4. The number of hydrogen-bond donors (Lipinski definition) is 1. The molecule has 1 N–H and O–H groups in total. The largest absolute Gasteiger partial charge is 0.508 e. The number of phenols is 1. The van der Waals surface area contributed by atoms with Gasteiger partial charge >= 0.3 is 0 Å². The van der Waals surface area contributed by atoms with Crippen LogP contribution < -0.4 is 0 Å². The number of ether oxygens (including phenoxy) is 1. The van der Waals surface area contributed by atoms with Crippen LogP contribution in [0.5, 0.6) is 5.75 Å². The summed E-state index contributed by atoms with van der Waals surface area (Å²) in [6.07, 6.45) is 10.6. The number of piperidine rings is 1. The second-order valence-electron chi connectivity index (χ2n) is 12.1. The van der Waals surface area contributed by atoms with Gasteiger partial charge in [-0.05, 0) is 85.9 Å². The highest BCUT2D eigenvalue weighted by Crippen LogP contribution is 2.69. The Morgan fingerprint density at radius 1 is 1.11 bits per heavy atom. The first kappa shape index (κ1) is 21.5. The van der Waals surface area contributed by atoms with Crippen LogP contribution in [0.3, 0.4) is 0 Å². The van der Waals surface area contributed by atoms with E-state index in [0.29, 0.717) is 24.3 Å². The molecule has 36 heavy (non-hydrogen) atoms. The Kier molecular flexibility index (Phi) is 4.44. The molecule has 0 spiro atoms. The fraction of sp³-hybridized carbons (Fsp3) is 0.516. The first-order valence-electron chi connectivity index (χ1n) is 13.9. The highest BCUT2D eigenvalue weighted by molar-refractivity contribution is 5.92. The van der Waals surface area contributed by atoms with Crippen molar-refractivity contribution in [2.45, 2.75) is 67.7 Å². The van der Waals surface area contributed by atoms with Crippen LogP contribution in [0.15, 0.2) is 54.6 Å². The molecule has 0 aromatic heterocycles. The molecule has 5 heteroatoms. The van der Waals surface area contributed by atoms with E-state index in [9.17, 15) is 9.90 Å². The molecule has 5 nitrogen and oxygen atoms in total. The molecule has 2 saturated carbocycles. The third kappa shape index (κ3) is 2.76. The van der Waals surface area contributed by atoms with E-state index < -0.39 is 0 Å². The summed E-state index contributed by atoms with van der Waals surface area (Å²) >= 11 is 0. The number of hydrogen-bond acceptors (Lipinski definition) is 4. The molecule has 6 atom stereocenters. The molecule has 0 radical (unpaired) electrons. The summed E-state index contributed by atoms with van der Waals surface area (Å²) in [7, 11) is 0. The summed E-state index contributed by atoms with van der Waals surface area (Å²) in [5.74, 6) is 1.61. The zero-order valence-electron chi connectivity index (χ0n) is 20.7. The van der Waals surface area contributed by atoms with Crippen LogP contribution in [0.4, 0.5) is 0 Å². The van der Waals surface area contributed by atoms with E-state index in [1.807, 2.05) is 48.5 Å². The minimum absolute atomic E-state index is 0.0725. The van der Waals surface area contributed by atoms with Gasteiger partial charge in [0, 0.05) is 42.6 Å². The number of carbonyl (C=O) groups is 1. The van der Waals surface area contributed by atoms with Gasteiger partial charge in [0.15, 0.2) is 0 Å². The van der Waals surface area contributed by atoms with E-state index in [1.165, 1.54) is 30.5 Å². The van der Waals surface area contributed by atoms with E-state index >= 15 is 0 Å². The second-order valence-corrected chi connectivity index (χ2v) is 12.1. The number of benzene rings is 2. The van der Waals surface area contributed by atoms with Gasteiger partial charge in [-0.3, -0.25) is 9.69 Å². The zero-order chi connectivity index (χ0) is 24.1. The van der Waals surface area contributed by atoms with Crippen LogP contribution >= 0.6 is 0 Å². The van der Waals surface area contributed by atoms with Gasteiger partial charge in [-0.15, -0.1) is 0 Å². The lowest BCUT2D eigenvalue weighted by molar-refractivity contribution is -0.175. The zero-order valence-corrected chi connectivity index (χ0v) is 20.7. The van der Waals surface area contributed by atoms with E-state index in [1.54, 1.807) is 6.08 Å². The Morgan fingerprint density at radius 2 is 1.97 bits per heavy atom. The molecular weight excluding hydrogens is 448 g/mol. The molecule has 6 aliphatic rings. The first-order chi connectivity index (χ1) is 17.6. The highest BCUT2D eigenvalue weighted by Gasteiger charge is 2.78. The van der Waals surface area contributed by atoms with Crippen LogP contribution in [0.2, 0.25) is 0 Å². The Balaban J connectivity index is 1.19. The van der Waals surface area contributed by atoms with E-state index in [-0.39, 0.29) is 29.1 Å². The monoisotopic (exact) mass is 482 g/mol. The van der Waals surface area contributed by atoms with Gasteiger partial charge < -0.3 is 14.7 Å². The topological polar surface area (TPSA) is 53.0 Å². The van der Waals surface area contributed by atoms with Crippen molar-refractivity contribution >= 4 is 12.0 Å². The quantitative estimate of drug-likeness (QED) is 0.666. The molecule has 3 aliphatic heterocycles. The summed E-state index contributed by atoms with van der Waals surface area (Å²) < 4.78 is 7.26. The first-order valence-corrected chi connectivity index (χ1v) is 13.9. The van der Waals surface area contributed by atoms with Gasteiger partial charge in [-0.25, -0.2) is 0 Å². The fourth-order valence-electron chi connectivity index (χ4n) is 9.10. The van der Waals surface area contributed by atoms with E-state index in [0.717, 1.165) is 43.7 Å². The molecule has 3 aliphatic carbocycles. The van der Waals surface area contributed by atoms with Crippen molar-refractivity contribution < 1.29 is 14.6 Å². The maximum atomic E-state index is 13.5. The van der Waals surface area contributed by atoms with Gasteiger partial charge in [0.05, 0.1) is 11.7 Å². The molecule has 3 heterocycles. The van der Waals surface area contributed by atoms with E-state index in [2.05, 4.69) is 15.9 Å². The summed E-state index contributed by atoms with van der Waals surface area (Å²) in [6, 6.07) is 16.7. The van der Waals surface area contributed by atoms with Crippen LogP contribution in [-0.4, -0.2) is 64.2 Å². The van der Waals surface area contributed by atoms with Gasteiger partial charge in [-0.1, -0.05) is 36.4 Å². The summed E-state index contributed by atoms with van der Waals surface area (Å²) in [6.45, 7) is 2.98. The number of aromatic hydroxyl groups is 1. The van der Waals surface area contributed by atoms with Gasteiger partial charge in [0.1, 0.15) is 5.75 Å². The van der Waals surface area contributed by atoms with Gasteiger partial charge in [0.25, 0.3) is 0 Å². The maximum absolute atomic E-state index is 13.5. The smallest absolute Gasteiger partial charge is 0.246 e. The lowest BCUT2D eigenvalue weighted by Crippen LogP contribution is -2.74. The van der Waals surface area contributed by atoms with Crippen molar-refractivity contribution in [1.82, 2.24) is 9.80 Å². The summed E-state index contributed by atoms with van der Waals surface area (Å²) in [4.78, 5) is 18.3. The molecule has 4 bridgehead atoms. The molecule has 1 amide bonds.